The van der Waals surface area contributed by atoms with Crippen LogP contribution in [-0.4, -0.2) is 9.55 Å². The van der Waals surface area contributed by atoms with Gasteiger partial charge in [-0.1, -0.05) is 22.0 Å². The van der Waals surface area contributed by atoms with E-state index in [9.17, 15) is 4.79 Å². The van der Waals surface area contributed by atoms with E-state index in [1.807, 2.05) is 36.4 Å². The number of rotatable bonds is 1. The third-order valence-electron chi connectivity index (χ3n) is 2.92. The summed E-state index contributed by atoms with van der Waals surface area (Å²) in [6, 6.07) is 12.9. The van der Waals surface area contributed by atoms with Crippen LogP contribution < -0.4 is 11.3 Å². The molecule has 0 radical (unpaired) electrons. The van der Waals surface area contributed by atoms with E-state index in [1.54, 1.807) is 6.07 Å². The van der Waals surface area contributed by atoms with Gasteiger partial charge in [0.05, 0.1) is 16.6 Å². The summed E-state index contributed by atoms with van der Waals surface area (Å²) in [5.74, 6) is 0.182. The summed E-state index contributed by atoms with van der Waals surface area (Å²) in [6.07, 6.45) is 0. The van der Waals surface area contributed by atoms with E-state index < -0.39 is 0 Å². The van der Waals surface area contributed by atoms with Gasteiger partial charge in [0.15, 0.2) is 0 Å². The van der Waals surface area contributed by atoms with Gasteiger partial charge in [-0.25, -0.2) is 9.55 Å². The Labute approximate surface area is 136 Å². The van der Waals surface area contributed by atoms with Crippen LogP contribution in [0.4, 0.5) is 5.95 Å². The van der Waals surface area contributed by atoms with E-state index in [0.29, 0.717) is 16.6 Å². The molecule has 1 heterocycles. The molecule has 0 bridgehead atoms. The average Bonchev–Trinajstić information content (AvgIpc) is 2.40. The number of nitrogens with two attached hydrogens (primary N) is 1. The molecule has 0 amide bonds. The van der Waals surface area contributed by atoms with Crippen LogP contribution in [0.15, 0.2) is 51.7 Å². The number of anilines is 1. The first kappa shape index (κ1) is 13.6. The molecule has 0 fully saturated rings. The quantitative estimate of drug-likeness (QED) is 0.589. The molecular weight excluding hydrogens is 433 g/mol. The summed E-state index contributed by atoms with van der Waals surface area (Å²) >= 11 is 5.56. The molecular formula is C14H9BrIN3O. The molecule has 0 unspecified atom stereocenters. The van der Waals surface area contributed by atoms with Crippen molar-refractivity contribution in [1.82, 2.24) is 9.55 Å². The largest absolute Gasteiger partial charge is 0.369 e. The highest BCUT2D eigenvalue weighted by Gasteiger charge is 2.11. The zero-order valence-electron chi connectivity index (χ0n) is 10.2. The molecule has 0 saturated heterocycles. The van der Waals surface area contributed by atoms with Crippen LogP contribution in [-0.2, 0) is 0 Å². The molecule has 20 heavy (non-hydrogen) atoms. The van der Waals surface area contributed by atoms with Crippen LogP contribution in [0, 0.1) is 3.57 Å². The Morgan fingerprint density at radius 3 is 2.75 bits per heavy atom. The second-order valence-corrected chi connectivity index (χ2v) is 6.41. The van der Waals surface area contributed by atoms with Crippen molar-refractivity contribution >= 4 is 55.4 Å². The van der Waals surface area contributed by atoms with E-state index in [4.69, 9.17) is 5.73 Å². The molecule has 0 saturated carbocycles. The van der Waals surface area contributed by atoms with E-state index in [0.717, 1.165) is 8.04 Å². The summed E-state index contributed by atoms with van der Waals surface area (Å²) in [5.41, 5.74) is 7.08. The molecule has 2 N–H and O–H groups in total. The van der Waals surface area contributed by atoms with Gasteiger partial charge in [0.2, 0.25) is 5.95 Å². The van der Waals surface area contributed by atoms with Crippen molar-refractivity contribution in [3.63, 3.8) is 0 Å². The number of hydrogen-bond donors (Lipinski definition) is 1. The highest BCUT2D eigenvalue weighted by Crippen LogP contribution is 2.19. The highest BCUT2D eigenvalue weighted by atomic mass is 127. The Balaban J connectivity index is 2.39. The first-order valence-corrected chi connectivity index (χ1v) is 7.67. The maximum Gasteiger partial charge on any atom is 0.267 e. The second kappa shape index (κ2) is 5.17. The number of fused-ring (bicyclic) bond motifs is 1. The van der Waals surface area contributed by atoms with E-state index in [-0.39, 0.29) is 11.5 Å². The highest BCUT2D eigenvalue weighted by molar-refractivity contribution is 14.1. The molecule has 2 aromatic carbocycles. The Morgan fingerprint density at radius 2 is 2.00 bits per heavy atom. The van der Waals surface area contributed by atoms with Gasteiger partial charge in [-0.15, -0.1) is 0 Å². The fraction of sp³-hybridized carbons (Fsp3) is 0. The smallest absolute Gasteiger partial charge is 0.267 e. The van der Waals surface area contributed by atoms with Crippen LogP contribution in [0.25, 0.3) is 16.6 Å². The zero-order valence-corrected chi connectivity index (χ0v) is 13.9. The molecule has 1 aromatic heterocycles. The third-order valence-corrected chi connectivity index (χ3v) is 4.09. The van der Waals surface area contributed by atoms with Crippen LogP contribution in [0.1, 0.15) is 0 Å². The van der Waals surface area contributed by atoms with Crippen molar-refractivity contribution in [2.24, 2.45) is 0 Å². The van der Waals surface area contributed by atoms with Crippen molar-refractivity contribution in [3.05, 3.63) is 60.9 Å². The van der Waals surface area contributed by atoms with Crippen molar-refractivity contribution in [2.75, 3.05) is 5.73 Å². The summed E-state index contributed by atoms with van der Waals surface area (Å²) in [5, 5.41) is 0.561. The third kappa shape index (κ3) is 2.33. The molecule has 6 heteroatoms. The number of benzene rings is 2. The lowest BCUT2D eigenvalue weighted by Gasteiger charge is -2.10. The van der Waals surface area contributed by atoms with Gasteiger partial charge in [-0.05, 0) is 59.0 Å². The molecule has 0 spiro atoms. The van der Waals surface area contributed by atoms with E-state index in [2.05, 4.69) is 43.5 Å². The average molecular weight is 442 g/mol. The Morgan fingerprint density at radius 1 is 1.20 bits per heavy atom. The Hall–Kier alpha value is -1.41. The molecule has 0 atom stereocenters. The molecule has 0 aliphatic carbocycles. The monoisotopic (exact) mass is 441 g/mol. The number of nitrogen functional groups attached to an aromatic ring is 1. The van der Waals surface area contributed by atoms with Crippen molar-refractivity contribution in [1.29, 1.82) is 0 Å². The minimum absolute atomic E-state index is 0.163. The van der Waals surface area contributed by atoms with Crippen molar-refractivity contribution in [2.45, 2.75) is 0 Å². The molecule has 4 nitrogen and oxygen atoms in total. The predicted molar refractivity (Wildman–Crippen MR) is 92.2 cm³/mol. The number of aromatic nitrogens is 2. The SMILES string of the molecule is Nc1nc2ccc(I)cc2c(=O)n1-c1cccc(Br)c1. The van der Waals surface area contributed by atoms with Gasteiger partial charge in [0, 0.05) is 8.04 Å². The number of nitrogens with zero attached hydrogens (tertiary/aromatic N) is 2. The van der Waals surface area contributed by atoms with Gasteiger partial charge < -0.3 is 5.73 Å². The second-order valence-electron chi connectivity index (χ2n) is 4.25. The summed E-state index contributed by atoms with van der Waals surface area (Å²) in [6.45, 7) is 0. The van der Waals surface area contributed by atoms with Crippen molar-refractivity contribution in [3.8, 4) is 5.69 Å². The molecule has 100 valence electrons. The topological polar surface area (TPSA) is 60.9 Å². The lowest BCUT2D eigenvalue weighted by atomic mass is 10.2. The molecule has 0 aliphatic heterocycles. The van der Waals surface area contributed by atoms with Crippen LogP contribution in [0.3, 0.4) is 0 Å². The minimum atomic E-state index is -0.163. The maximum absolute atomic E-state index is 12.6. The van der Waals surface area contributed by atoms with Gasteiger partial charge in [0.1, 0.15) is 0 Å². The lowest BCUT2D eigenvalue weighted by molar-refractivity contribution is 0.981. The molecule has 0 aliphatic rings. The summed E-state index contributed by atoms with van der Waals surface area (Å²) in [4.78, 5) is 16.9. The van der Waals surface area contributed by atoms with Gasteiger partial charge in [-0.2, -0.15) is 0 Å². The predicted octanol–water partition coefficient (Wildman–Crippen LogP) is 3.34. The number of halogens is 2. The van der Waals surface area contributed by atoms with Gasteiger partial charge in [0.25, 0.3) is 5.56 Å². The van der Waals surface area contributed by atoms with Crippen LogP contribution in [0.5, 0.6) is 0 Å². The van der Waals surface area contributed by atoms with E-state index in [1.165, 1.54) is 4.57 Å². The maximum atomic E-state index is 12.6. The molecule has 3 aromatic rings. The van der Waals surface area contributed by atoms with Crippen LogP contribution >= 0.6 is 38.5 Å². The Bertz CT molecular complexity index is 876. The number of hydrogen-bond acceptors (Lipinski definition) is 3. The fourth-order valence-electron chi connectivity index (χ4n) is 2.04. The normalized spacial score (nSPS) is 10.9. The fourth-order valence-corrected chi connectivity index (χ4v) is 2.92. The lowest BCUT2D eigenvalue weighted by Crippen LogP contribution is -2.23. The first-order chi connectivity index (χ1) is 9.56. The Kier molecular flexibility index (Phi) is 3.51. The summed E-state index contributed by atoms with van der Waals surface area (Å²) in [7, 11) is 0. The van der Waals surface area contributed by atoms with Crippen LogP contribution in [0.2, 0.25) is 0 Å². The van der Waals surface area contributed by atoms with Gasteiger partial charge >= 0.3 is 0 Å². The summed E-state index contributed by atoms with van der Waals surface area (Å²) < 4.78 is 3.28. The minimum Gasteiger partial charge on any atom is -0.369 e. The standard InChI is InChI=1S/C14H9BrIN3O/c15-8-2-1-3-10(6-8)19-13(20)11-7-9(16)4-5-12(11)18-14(19)17/h1-7H,(H2,17,18). The first-order valence-electron chi connectivity index (χ1n) is 5.80. The van der Waals surface area contributed by atoms with Gasteiger partial charge in [-0.3, -0.25) is 4.79 Å². The van der Waals surface area contributed by atoms with E-state index >= 15 is 0 Å². The molecule has 3 rings (SSSR count). The van der Waals surface area contributed by atoms with Crippen molar-refractivity contribution < 1.29 is 0 Å². The zero-order chi connectivity index (χ0) is 14.3.